The monoisotopic (exact) mass is 400 g/mol. The number of oxazole rings is 1. The van der Waals surface area contributed by atoms with E-state index in [1.54, 1.807) is 0 Å². The molecule has 0 saturated carbocycles. The van der Waals surface area contributed by atoms with Crippen molar-refractivity contribution in [2.45, 2.75) is 46.3 Å². The summed E-state index contributed by atoms with van der Waals surface area (Å²) >= 11 is 0. The van der Waals surface area contributed by atoms with Gasteiger partial charge in [-0.3, -0.25) is 14.6 Å². The lowest BCUT2D eigenvalue weighted by molar-refractivity contribution is 0.0634. The summed E-state index contributed by atoms with van der Waals surface area (Å²) in [6, 6.07) is 5.82. The summed E-state index contributed by atoms with van der Waals surface area (Å²) in [5, 5.41) is 12.8. The third kappa shape index (κ3) is 6.13. The number of rotatable bonds is 8. The molecule has 1 saturated heterocycles. The Hall–Kier alpha value is -2.22. The summed E-state index contributed by atoms with van der Waals surface area (Å²) in [7, 11) is 0. The standard InChI is InChI=1S/C22H32N4O3/c1-4-5-19(27)13-25-8-10-26(11-9-25)14-21-24-20(15-29-21)22(28)23-18-7-6-16(2)17(3)12-18/h6-7,12,15,19,27H,4-5,8-11,13-14H2,1-3H3,(H,23,28)/t19-/m0/s1. The van der Waals surface area contributed by atoms with Crippen LogP contribution < -0.4 is 5.32 Å². The number of anilines is 1. The lowest BCUT2D eigenvalue weighted by Crippen LogP contribution is -2.48. The second kappa shape index (κ2) is 10.0. The second-order valence-corrected chi connectivity index (χ2v) is 7.90. The number of nitrogens with one attached hydrogen (secondary N) is 1. The molecule has 3 rings (SSSR count). The zero-order valence-corrected chi connectivity index (χ0v) is 17.6. The number of aromatic nitrogens is 1. The highest BCUT2D eigenvalue weighted by atomic mass is 16.3. The van der Waals surface area contributed by atoms with Crippen LogP contribution in [-0.2, 0) is 6.54 Å². The second-order valence-electron chi connectivity index (χ2n) is 7.90. The van der Waals surface area contributed by atoms with E-state index in [2.05, 4.69) is 27.0 Å². The van der Waals surface area contributed by atoms with Crippen LogP contribution in [0.15, 0.2) is 28.9 Å². The molecule has 1 atom stereocenters. The van der Waals surface area contributed by atoms with Gasteiger partial charge < -0.3 is 14.8 Å². The molecule has 2 N–H and O–H groups in total. The molecule has 0 aliphatic carbocycles. The number of hydrogen-bond donors (Lipinski definition) is 2. The van der Waals surface area contributed by atoms with Gasteiger partial charge in [0.05, 0.1) is 12.6 Å². The van der Waals surface area contributed by atoms with Gasteiger partial charge >= 0.3 is 0 Å². The first-order valence-corrected chi connectivity index (χ1v) is 10.4. The molecular formula is C22H32N4O3. The van der Waals surface area contributed by atoms with Crippen LogP contribution in [0, 0.1) is 13.8 Å². The lowest BCUT2D eigenvalue weighted by atomic mass is 10.1. The molecule has 0 radical (unpaired) electrons. The molecule has 158 valence electrons. The Bertz CT molecular complexity index is 812. The van der Waals surface area contributed by atoms with Gasteiger partial charge in [-0.25, -0.2) is 4.98 Å². The molecule has 7 nitrogen and oxygen atoms in total. The maximum absolute atomic E-state index is 12.4. The number of carbonyl (C=O) groups is 1. The molecule has 1 fully saturated rings. The predicted molar refractivity (Wildman–Crippen MR) is 113 cm³/mol. The van der Waals surface area contributed by atoms with E-state index in [9.17, 15) is 9.90 Å². The fourth-order valence-corrected chi connectivity index (χ4v) is 3.55. The van der Waals surface area contributed by atoms with Crippen molar-refractivity contribution in [3.63, 3.8) is 0 Å². The van der Waals surface area contributed by atoms with Gasteiger partial charge in [0, 0.05) is 38.4 Å². The van der Waals surface area contributed by atoms with Crippen molar-refractivity contribution in [3.05, 3.63) is 47.2 Å². The Morgan fingerprint density at radius 2 is 1.93 bits per heavy atom. The predicted octanol–water partition coefficient (Wildman–Crippen LogP) is 2.82. The average molecular weight is 401 g/mol. The van der Waals surface area contributed by atoms with Crippen LogP contribution in [0.1, 0.15) is 47.3 Å². The molecule has 1 aromatic carbocycles. The number of aliphatic hydroxyl groups excluding tert-OH is 1. The molecule has 7 heteroatoms. The van der Waals surface area contributed by atoms with Crippen LogP contribution in [0.5, 0.6) is 0 Å². The van der Waals surface area contributed by atoms with Crippen molar-refractivity contribution < 1.29 is 14.3 Å². The Labute approximate surface area is 172 Å². The molecule has 1 amide bonds. The number of β-amino-alcohol motifs (C(OH)–C–C–N with tert-alkyl or cyclic N) is 1. The van der Waals surface area contributed by atoms with Gasteiger partial charge in [0.15, 0.2) is 5.69 Å². The summed E-state index contributed by atoms with van der Waals surface area (Å²) in [5.74, 6) is 0.285. The molecule has 1 aromatic heterocycles. The number of hydrogen-bond acceptors (Lipinski definition) is 6. The zero-order chi connectivity index (χ0) is 20.8. The maximum Gasteiger partial charge on any atom is 0.277 e. The number of nitrogens with zero attached hydrogens (tertiary/aromatic N) is 3. The molecule has 0 bridgehead atoms. The van der Waals surface area contributed by atoms with Gasteiger partial charge in [0.25, 0.3) is 5.91 Å². The number of aryl methyl sites for hydroxylation is 2. The van der Waals surface area contributed by atoms with E-state index >= 15 is 0 Å². The fourth-order valence-electron chi connectivity index (χ4n) is 3.55. The van der Waals surface area contributed by atoms with E-state index in [1.807, 2.05) is 32.0 Å². The topological polar surface area (TPSA) is 81.8 Å². The molecule has 0 spiro atoms. The number of benzene rings is 1. The molecular weight excluding hydrogens is 368 g/mol. The summed E-state index contributed by atoms with van der Waals surface area (Å²) < 4.78 is 5.53. The first-order chi connectivity index (χ1) is 13.9. The summed E-state index contributed by atoms with van der Waals surface area (Å²) in [5.41, 5.74) is 3.36. The van der Waals surface area contributed by atoms with Crippen molar-refractivity contribution >= 4 is 11.6 Å². The van der Waals surface area contributed by atoms with Crippen molar-refractivity contribution in [1.29, 1.82) is 0 Å². The van der Waals surface area contributed by atoms with Crippen LogP contribution in [0.25, 0.3) is 0 Å². The van der Waals surface area contributed by atoms with Crippen LogP contribution in [0.4, 0.5) is 5.69 Å². The summed E-state index contributed by atoms with van der Waals surface area (Å²) in [6.07, 6.45) is 3.04. The number of piperazine rings is 1. The third-order valence-corrected chi connectivity index (χ3v) is 5.46. The fraction of sp³-hybridized carbons (Fsp3) is 0.545. The molecule has 2 heterocycles. The quantitative estimate of drug-likeness (QED) is 0.709. The first-order valence-electron chi connectivity index (χ1n) is 10.4. The maximum atomic E-state index is 12.4. The third-order valence-electron chi connectivity index (χ3n) is 5.46. The van der Waals surface area contributed by atoms with Crippen molar-refractivity contribution in [2.75, 3.05) is 38.0 Å². The van der Waals surface area contributed by atoms with Gasteiger partial charge in [-0.15, -0.1) is 0 Å². The highest BCUT2D eigenvalue weighted by Crippen LogP contribution is 2.16. The first kappa shape index (κ1) is 21.5. The largest absolute Gasteiger partial charge is 0.447 e. The van der Waals surface area contributed by atoms with Crippen molar-refractivity contribution in [1.82, 2.24) is 14.8 Å². The Kier molecular flexibility index (Phi) is 7.41. The van der Waals surface area contributed by atoms with Gasteiger partial charge in [-0.2, -0.15) is 0 Å². The van der Waals surface area contributed by atoms with E-state index in [0.717, 1.165) is 56.8 Å². The highest BCUT2D eigenvalue weighted by Gasteiger charge is 2.21. The van der Waals surface area contributed by atoms with Gasteiger partial charge in [-0.05, 0) is 43.5 Å². The SMILES string of the molecule is CCC[C@H](O)CN1CCN(Cc2nc(C(=O)Nc3ccc(C)c(C)c3)co2)CC1. The highest BCUT2D eigenvalue weighted by molar-refractivity contribution is 6.02. The molecule has 0 unspecified atom stereocenters. The molecule has 1 aliphatic rings. The van der Waals surface area contributed by atoms with Crippen LogP contribution in [-0.4, -0.2) is 64.6 Å². The van der Waals surface area contributed by atoms with Crippen LogP contribution in [0.3, 0.4) is 0 Å². The van der Waals surface area contributed by atoms with Crippen molar-refractivity contribution in [2.24, 2.45) is 0 Å². The zero-order valence-electron chi connectivity index (χ0n) is 17.6. The smallest absolute Gasteiger partial charge is 0.277 e. The Morgan fingerprint density at radius 3 is 2.62 bits per heavy atom. The van der Waals surface area contributed by atoms with Crippen molar-refractivity contribution in [3.8, 4) is 0 Å². The lowest BCUT2D eigenvalue weighted by Gasteiger charge is -2.34. The number of aliphatic hydroxyl groups is 1. The minimum Gasteiger partial charge on any atom is -0.447 e. The minimum atomic E-state index is -0.266. The molecule has 29 heavy (non-hydrogen) atoms. The van der Waals surface area contributed by atoms with E-state index in [-0.39, 0.29) is 12.0 Å². The van der Waals surface area contributed by atoms with E-state index in [1.165, 1.54) is 11.8 Å². The Balaban J connectivity index is 1.48. The van der Waals surface area contributed by atoms with E-state index < -0.39 is 0 Å². The van der Waals surface area contributed by atoms with Gasteiger partial charge in [0.1, 0.15) is 6.26 Å². The van der Waals surface area contributed by atoms with Gasteiger partial charge in [-0.1, -0.05) is 19.4 Å². The number of amides is 1. The summed E-state index contributed by atoms with van der Waals surface area (Å²) in [6.45, 7) is 11.1. The minimum absolute atomic E-state index is 0.239. The normalized spacial score (nSPS) is 16.7. The van der Waals surface area contributed by atoms with Crippen LogP contribution in [0.2, 0.25) is 0 Å². The molecule has 1 aliphatic heterocycles. The van der Waals surface area contributed by atoms with Gasteiger partial charge in [0.2, 0.25) is 5.89 Å². The number of carbonyl (C=O) groups excluding carboxylic acids is 1. The van der Waals surface area contributed by atoms with Crippen LogP contribution >= 0.6 is 0 Å². The van der Waals surface area contributed by atoms with E-state index in [0.29, 0.717) is 18.1 Å². The summed E-state index contributed by atoms with van der Waals surface area (Å²) in [4.78, 5) is 21.4. The van der Waals surface area contributed by atoms with E-state index in [4.69, 9.17) is 4.42 Å². The Morgan fingerprint density at radius 1 is 1.21 bits per heavy atom. The average Bonchev–Trinajstić information content (AvgIpc) is 3.15. The molecule has 2 aromatic rings.